The van der Waals surface area contributed by atoms with Crippen LogP contribution in [0.5, 0.6) is 0 Å². The SMILES string of the molecule is CC1CC(NC(=O)CN(C)C(=O)c2ccc(Br)s2)CCN1.Cl. The number of rotatable bonds is 4. The van der Waals surface area contributed by atoms with Gasteiger partial charge in [-0.3, -0.25) is 9.59 Å². The molecule has 2 N–H and O–H groups in total. The first-order valence-electron chi connectivity index (χ1n) is 6.99. The van der Waals surface area contributed by atoms with Gasteiger partial charge < -0.3 is 15.5 Å². The molecule has 1 aromatic heterocycles. The lowest BCUT2D eigenvalue weighted by Crippen LogP contribution is -2.49. The van der Waals surface area contributed by atoms with Gasteiger partial charge in [-0.25, -0.2) is 0 Å². The second-order valence-corrected chi connectivity index (χ2v) is 7.87. The molecule has 0 aliphatic carbocycles. The molecule has 2 heterocycles. The summed E-state index contributed by atoms with van der Waals surface area (Å²) in [5.41, 5.74) is 0. The third-order valence-corrected chi connectivity index (χ3v) is 5.11. The maximum Gasteiger partial charge on any atom is 0.264 e. The fourth-order valence-electron chi connectivity index (χ4n) is 2.44. The summed E-state index contributed by atoms with van der Waals surface area (Å²) in [6.45, 7) is 3.12. The molecule has 124 valence electrons. The summed E-state index contributed by atoms with van der Waals surface area (Å²) in [5.74, 6) is -0.222. The Morgan fingerprint density at radius 2 is 2.23 bits per heavy atom. The number of nitrogens with zero attached hydrogens (tertiary/aromatic N) is 1. The highest BCUT2D eigenvalue weighted by atomic mass is 79.9. The van der Waals surface area contributed by atoms with Crippen molar-refractivity contribution in [1.29, 1.82) is 0 Å². The molecule has 2 amide bonds. The maximum atomic E-state index is 12.2. The zero-order valence-electron chi connectivity index (χ0n) is 12.6. The van der Waals surface area contributed by atoms with Gasteiger partial charge in [-0.1, -0.05) is 0 Å². The van der Waals surface area contributed by atoms with Gasteiger partial charge in [-0.2, -0.15) is 0 Å². The Labute approximate surface area is 149 Å². The molecule has 0 aromatic carbocycles. The largest absolute Gasteiger partial charge is 0.352 e. The standard InChI is InChI=1S/C14H20BrN3O2S.ClH/c1-9-7-10(5-6-16-9)17-13(19)8-18(2)14(20)11-3-4-12(15)21-11;/h3-4,9-10,16H,5-8H2,1-2H3,(H,17,19);1H. The molecule has 1 aliphatic rings. The number of thiophene rings is 1. The van der Waals surface area contributed by atoms with E-state index in [1.165, 1.54) is 16.2 Å². The molecular weight excluding hydrogens is 390 g/mol. The Hall–Kier alpha value is -0.630. The van der Waals surface area contributed by atoms with Crippen molar-refractivity contribution in [2.75, 3.05) is 20.1 Å². The number of amides is 2. The molecule has 1 fully saturated rings. The molecule has 0 saturated carbocycles. The topological polar surface area (TPSA) is 61.4 Å². The van der Waals surface area contributed by atoms with E-state index in [9.17, 15) is 9.59 Å². The van der Waals surface area contributed by atoms with Gasteiger partial charge in [-0.05, 0) is 54.4 Å². The van der Waals surface area contributed by atoms with Gasteiger partial charge in [0, 0.05) is 19.1 Å². The van der Waals surface area contributed by atoms with Crippen LogP contribution in [0.3, 0.4) is 0 Å². The summed E-state index contributed by atoms with van der Waals surface area (Å²) in [5, 5.41) is 6.36. The van der Waals surface area contributed by atoms with E-state index in [-0.39, 0.29) is 36.8 Å². The van der Waals surface area contributed by atoms with Gasteiger partial charge in [-0.15, -0.1) is 23.7 Å². The van der Waals surface area contributed by atoms with Crippen molar-refractivity contribution in [3.05, 3.63) is 20.8 Å². The average molecular weight is 411 g/mol. The van der Waals surface area contributed by atoms with E-state index in [2.05, 4.69) is 33.5 Å². The van der Waals surface area contributed by atoms with Gasteiger partial charge in [0.05, 0.1) is 15.2 Å². The first-order valence-corrected chi connectivity index (χ1v) is 8.60. The molecule has 5 nitrogen and oxygen atoms in total. The van der Waals surface area contributed by atoms with Crippen LogP contribution in [0.15, 0.2) is 15.9 Å². The second-order valence-electron chi connectivity index (χ2n) is 5.41. The van der Waals surface area contributed by atoms with Crippen LogP contribution in [0.4, 0.5) is 0 Å². The summed E-state index contributed by atoms with van der Waals surface area (Å²) in [6, 6.07) is 4.22. The minimum Gasteiger partial charge on any atom is -0.352 e. The van der Waals surface area contributed by atoms with E-state index in [0.717, 1.165) is 23.2 Å². The van der Waals surface area contributed by atoms with Crippen LogP contribution >= 0.6 is 39.7 Å². The molecule has 0 spiro atoms. The van der Waals surface area contributed by atoms with Crippen LogP contribution in [0.2, 0.25) is 0 Å². The van der Waals surface area contributed by atoms with Crippen molar-refractivity contribution in [1.82, 2.24) is 15.5 Å². The second kappa shape index (κ2) is 8.86. The Bertz CT molecular complexity index is 526. The third kappa shape index (κ3) is 5.53. The van der Waals surface area contributed by atoms with Gasteiger partial charge in [0.25, 0.3) is 5.91 Å². The predicted octanol–water partition coefficient (Wildman–Crippen LogP) is 2.26. The molecule has 22 heavy (non-hydrogen) atoms. The van der Waals surface area contributed by atoms with Crippen LogP contribution in [-0.4, -0.2) is 48.9 Å². The molecule has 0 bridgehead atoms. The minimum atomic E-state index is -0.125. The Morgan fingerprint density at radius 1 is 1.50 bits per heavy atom. The first-order chi connectivity index (χ1) is 9.95. The van der Waals surface area contributed by atoms with Gasteiger partial charge in [0.2, 0.25) is 5.91 Å². The number of hydrogen-bond donors (Lipinski definition) is 2. The molecule has 8 heteroatoms. The van der Waals surface area contributed by atoms with Crippen molar-refractivity contribution in [2.24, 2.45) is 0 Å². The summed E-state index contributed by atoms with van der Waals surface area (Å²) in [7, 11) is 1.65. The zero-order valence-corrected chi connectivity index (χ0v) is 15.8. The van der Waals surface area contributed by atoms with Gasteiger partial charge in [0.15, 0.2) is 0 Å². The molecule has 1 aromatic rings. The fraction of sp³-hybridized carbons (Fsp3) is 0.571. The van der Waals surface area contributed by atoms with Crippen LogP contribution in [0, 0.1) is 0 Å². The van der Waals surface area contributed by atoms with Crippen LogP contribution in [0.25, 0.3) is 0 Å². The first kappa shape index (κ1) is 19.4. The van der Waals surface area contributed by atoms with E-state index in [0.29, 0.717) is 10.9 Å². The number of halogens is 2. The van der Waals surface area contributed by atoms with E-state index < -0.39 is 0 Å². The lowest BCUT2D eigenvalue weighted by Gasteiger charge is -2.29. The highest BCUT2D eigenvalue weighted by Crippen LogP contribution is 2.22. The highest BCUT2D eigenvalue weighted by Gasteiger charge is 2.22. The molecule has 1 saturated heterocycles. The summed E-state index contributed by atoms with van der Waals surface area (Å²) < 4.78 is 0.910. The number of hydrogen-bond acceptors (Lipinski definition) is 4. The average Bonchev–Trinajstić information content (AvgIpc) is 2.84. The summed E-state index contributed by atoms with van der Waals surface area (Å²) >= 11 is 4.71. The van der Waals surface area contributed by atoms with Gasteiger partial charge in [0.1, 0.15) is 0 Å². The molecular formula is C14H21BrClN3O2S. The quantitative estimate of drug-likeness (QED) is 0.800. The Morgan fingerprint density at radius 3 is 2.82 bits per heavy atom. The van der Waals surface area contributed by atoms with Crippen LogP contribution in [0.1, 0.15) is 29.4 Å². The monoisotopic (exact) mass is 409 g/mol. The lowest BCUT2D eigenvalue weighted by molar-refractivity contribution is -0.122. The molecule has 1 aliphatic heterocycles. The van der Waals surface area contributed by atoms with Crippen LogP contribution in [-0.2, 0) is 4.79 Å². The van der Waals surface area contributed by atoms with E-state index >= 15 is 0 Å². The number of carbonyl (C=O) groups excluding carboxylic acids is 2. The Balaban J connectivity index is 0.00000242. The van der Waals surface area contributed by atoms with E-state index in [1.807, 2.05) is 6.07 Å². The fourth-order valence-corrected chi connectivity index (χ4v) is 3.82. The Kier molecular flexibility index (Phi) is 7.82. The van der Waals surface area contributed by atoms with Crippen LogP contribution < -0.4 is 10.6 Å². The number of carbonyl (C=O) groups is 2. The molecule has 2 rings (SSSR count). The van der Waals surface area contributed by atoms with E-state index in [1.54, 1.807) is 13.1 Å². The van der Waals surface area contributed by atoms with E-state index in [4.69, 9.17) is 0 Å². The normalized spacial score (nSPS) is 20.9. The van der Waals surface area contributed by atoms with Crippen molar-refractivity contribution in [3.8, 4) is 0 Å². The predicted molar refractivity (Wildman–Crippen MR) is 94.9 cm³/mol. The van der Waals surface area contributed by atoms with Crippen molar-refractivity contribution >= 4 is 51.5 Å². The number of nitrogens with one attached hydrogen (secondary N) is 2. The van der Waals surface area contributed by atoms with Crippen molar-refractivity contribution in [3.63, 3.8) is 0 Å². The number of piperidine rings is 1. The summed E-state index contributed by atoms with van der Waals surface area (Å²) in [4.78, 5) is 26.3. The molecule has 2 atom stereocenters. The molecule has 2 unspecified atom stereocenters. The summed E-state index contributed by atoms with van der Waals surface area (Å²) in [6.07, 6.45) is 1.87. The number of likely N-dealkylation sites (N-methyl/N-ethyl adjacent to an activating group) is 1. The third-order valence-electron chi connectivity index (χ3n) is 3.50. The smallest absolute Gasteiger partial charge is 0.264 e. The van der Waals surface area contributed by atoms with Crippen molar-refractivity contribution < 1.29 is 9.59 Å². The lowest BCUT2D eigenvalue weighted by atomic mass is 10.0. The van der Waals surface area contributed by atoms with Gasteiger partial charge >= 0.3 is 0 Å². The minimum absolute atomic E-state index is 0. The van der Waals surface area contributed by atoms with Crippen molar-refractivity contribution in [2.45, 2.75) is 31.8 Å². The highest BCUT2D eigenvalue weighted by molar-refractivity contribution is 9.11. The molecule has 0 radical (unpaired) electrons. The zero-order chi connectivity index (χ0) is 15.4. The maximum absolute atomic E-state index is 12.2.